The maximum atomic E-state index is 13.7. The summed E-state index contributed by atoms with van der Waals surface area (Å²) in [5.41, 5.74) is -0.548. The lowest BCUT2D eigenvalue weighted by molar-refractivity contribution is -0.159. The summed E-state index contributed by atoms with van der Waals surface area (Å²) < 4.78 is 31.3. The first-order valence-electron chi connectivity index (χ1n) is 13.8. The fraction of sp³-hybridized carbons (Fsp3) is 0.536. The summed E-state index contributed by atoms with van der Waals surface area (Å²) in [5.74, 6) is -7.90. The second-order valence-corrected chi connectivity index (χ2v) is 13.1. The van der Waals surface area contributed by atoms with Crippen molar-refractivity contribution in [1.82, 2.24) is 9.62 Å². The second-order valence-electron chi connectivity index (χ2n) is 11.9. The summed E-state index contributed by atoms with van der Waals surface area (Å²) in [6, 6.07) is 2.97. The fourth-order valence-corrected chi connectivity index (χ4v) is 7.59. The Labute approximate surface area is 248 Å². The Morgan fingerprint density at radius 3 is 2.21 bits per heavy atom. The standard InChI is InChI=1S/C22H24N2O8.C6H13NO3S/c1-21(31)8-5-4-6-11(25)12(8)16(26)13-9(21)7-10-15(24(2)3)17(27)14(20(23)30)19(29)22(10,32)18(13)28;8-11(9,10)7-6-4-2-1-3-5-6/h4-6,9-10,15,25-26,29,31-32H,7H2,1-3H3,(H2,23,30);6-7H,1-5H2,(H,8,9,10)/t9-,10-,15-,21-,22-;/m0./s1. The molecule has 0 saturated heterocycles. The van der Waals surface area contributed by atoms with Gasteiger partial charge in [0.05, 0.1) is 17.2 Å². The van der Waals surface area contributed by atoms with Gasteiger partial charge in [-0.2, -0.15) is 13.1 Å². The van der Waals surface area contributed by atoms with Crippen LogP contribution in [0.5, 0.6) is 5.75 Å². The van der Waals surface area contributed by atoms with Crippen LogP contribution in [0.25, 0.3) is 5.76 Å². The molecule has 0 aliphatic heterocycles. The van der Waals surface area contributed by atoms with E-state index in [9.17, 15) is 48.3 Å². The van der Waals surface area contributed by atoms with Gasteiger partial charge in [0, 0.05) is 23.5 Å². The molecule has 0 spiro atoms. The number of fused-ring (bicyclic) bond motifs is 3. The van der Waals surface area contributed by atoms with Crippen molar-refractivity contribution < 1.29 is 52.9 Å². The lowest BCUT2D eigenvalue weighted by Crippen LogP contribution is -2.67. The van der Waals surface area contributed by atoms with Gasteiger partial charge in [-0.3, -0.25) is 23.8 Å². The van der Waals surface area contributed by atoms with Crippen molar-refractivity contribution in [1.29, 1.82) is 0 Å². The molecule has 9 N–H and O–H groups in total. The average Bonchev–Trinajstić information content (AvgIpc) is 2.89. The summed E-state index contributed by atoms with van der Waals surface area (Å²) in [4.78, 5) is 40.0. The number of ketones is 2. The summed E-state index contributed by atoms with van der Waals surface area (Å²) in [6.45, 7) is 1.40. The van der Waals surface area contributed by atoms with E-state index in [0.29, 0.717) is 0 Å². The molecule has 43 heavy (non-hydrogen) atoms. The van der Waals surface area contributed by atoms with E-state index in [0.717, 1.165) is 25.7 Å². The Balaban J connectivity index is 0.000000324. The van der Waals surface area contributed by atoms with Gasteiger partial charge >= 0.3 is 10.3 Å². The fourth-order valence-electron chi connectivity index (χ4n) is 6.93. The van der Waals surface area contributed by atoms with Gasteiger partial charge < -0.3 is 31.3 Å². The molecule has 4 aliphatic rings. The molecular formula is C28H37N3O11S. The van der Waals surface area contributed by atoms with Crippen LogP contribution in [0.1, 0.15) is 56.6 Å². The predicted molar refractivity (Wildman–Crippen MR) is 152 cm³/mol. The van der Waals surface area contributed by atoms with Crippen molar-refractivity contribution in [2.75, 3.05) is 14.1 Å². The van der Waals surface area contributed by atoms with Crippen molar-refractivity contribution in [2.45, 2.75) is 68.7 Å². The van der Waals surface area contributed by atoms with Crippen LogP contribution in [0.15, 0.2) is 35.1 Å². The van der Waals surface area contributed by atoms with Gasteiger partial charge in [-0.05, 0) is 51.9 Å². The zero-order valence-corrected chi connectivity index (χ0v) is 24.8. The van der Waals surface area contributed by atoms with Crippen LogP contribution in [0.3, 0.4) is 0 Å². The number of phenolic OH excluding ortho intramolecular Hbond substituents is 1. The summed E-state index contributed by atoms with van der Waals surface area (Å²) in [7, 11) is -0.967. The van der Waals surface area contributed by atoms with Crippen LogP contribution >= 0.6 is 0 Å². The van der Waals surface area contributed by atoms with E-state index in [-0.39, 0.29) is 23.6 Å². The van der Waals surface area contributed by atoms with Crippen LogP contribution in [0.4, 0.5) is 0 Å². The van der Waals surface area contributed by atoms with E-state index in [4.69, 9.17) is 10.3 Å². The number of aliphatic hydroxyl groups is 4. The Morgan fingerprint density at radius 1 is 1.07 bits per heavy atom. The van der Waals surface area contributed by atoms with Crippen molar-refractivity contribution in [3.05, 3.63) is 46.2 Å². The van der Waals surface area contributed by atoms with Gasteiger partial charge in [-0.15, -0.1) is 0 Å². The quantitative estimate of drug-likeness (QED) is 0.167. The molecule has 14 nitrogen and oxygen atoms in total. The number of primary amides is 1. The summed E-state index contributed by atoms with van der Waals surface area (Å²) >= 11 is 0. The van der Waals surface area contributed by atoms with E-state index >= 15 is 0 Å². The largest absolute Gasteiger partial charge is 0.508 e. The summed E-state index contributed by atoms with van der Waals surface area (Å²) in [6.07, 6.45) is 4.76. The van der Waals surface area contributed by atoms with Gasteiger partial charge in [0.2, 0.25) is 5.78 Å². The van der Waals surface area contributed by atoms with Crippen molar-refractivity contribution in [3.63, 3.8) is 0 Å². The van der Waals surface area contributed by atoms with Crippen LogP contribution in [-0.4, -0.2) is 92.7 Å². The monoisotopic (exact) mass is 623 g/mol. The minimum atomic E-state index is -3.97. The molecular weight excluding hydrogens is 586 g/mol. The molecule has 2 fully saturated rings. The first kappa shape index (κ1) is 32.6. The first-order valence-corrected chi connectivity index (χ1v) is 15.2. The number of rotatable bonds is 4. The molecule has 0 unspecified atom stereocenters. The third kappa shape index (κ3) is 5.45. The number of aromatic hydroxyl groups is 1. The van der Waals surface area contributed by atoms with Gasteiger partial charge in [0.15, 0.2) is 11.4 Å². The van der Waals surface area contributed by atoms with Crippen LogP contribution < -0.4 is 10.5 Å². The number of nitrogens with two attached hydrogens (primary N) is 1. The van der Waals surface area contributed by atoms with Crippen molar-refractivity contribution in [2.24, 2.45) is 17.6 Å². The highest BCUT2D eigenvalue weighted by Crippen LogP contribution is 2.57. The van der Waals surface area contributed by atoms with Crippen LogP contribution in [0, 0.1) is 11.8 Å². The molecule has 0 aromatic heterocycles. The molecule has 0 radical (unpaired) electrons. The molecule has 5 rings (SSSR count). The van der Waals surface area contributed by atoms with Crippen molar-refractivity contribution in [3.8, 4) is 5.75 Å². The molecule has 0 bridgehead atoms. The molecule has 236 valence electrons. The average molecular weight is 624 g/mol. The number of aliphatic hydroxyl groups excluding tert-OH is 2. The van der Waals surface area contributed by atoms with Crippen molar-refractivity contribution >= 4 is 33.5 Å². The number of hydrogen-bond donors (Lipinski definition) is 8. The molecule has 5 atom stereocenters. The van der Waals surface area contributed by atoms with E-state index in [2.05, 4.69) is 4.72 Å². The lowest BCUT2D eigenvalue weighted by atomic mass is 9.54. The number of Topliss-reactive ketones (excluding diaryl/α,β-unsaturated/α-hetero) is 2. The molecule has 0 heterocycles. The SMILES string of the molecule is CN(C)[C@@H]1C(=O)C(C(N)=O)=C(O)[C@@]2(O)C(=O)C3=C(O)c4c(O)cccc4[C@](C)(O)[C@H]3C[C@@H]12.O=S(=O)(O)NC1CCCCC1. The Hall–Kier alpha value is -3.34. The van der Waals surface area contributed by atoms with Gasteiger partial charge in [-0.1, -0.05) is 31.4 Å². The molecule has 15 heteroatoms. The number of benzene rings is 1. The third-order valence-corrected chi connectivity index (χ3v) is 9.57. The highest BCUT2D eigenvalue weighted by atomic mass is 32.2. The topological polar surface area (TPSA) is 248 Å². The van der Waals surface area contributed by atoms with Gasteiger partial charge in [-0.25, -0.2) is 0 Å². The van der Waals surface area contributed by atoms with E-state index in [1.165, 1.54) is 50.5 Å². The number of likely N-dealkylation sites (N-methyl/N-ethyl adjacent to an activating group) is 1. The third-order valence-electron chi connectivity index (χ3n) is 8.94. The Kier molecular flexibility index (Phi) is 8.56. The highest BCUT2D eigenvalue weighted by molar-refractivity contribution is 7.83. The number of carbonyl (C=O) groups excluding carboxylic acids is 3. The Morgan fingerprint density at radius 2 is 1.67 bits per heavy atom. The Bertz CT molecular complexity index is 1530. The van der Waals surface area contributed by atoms with E-state index in [1.54, 1.807) is 0 Å². The lowest BCUT2D eigenvalue weighted by Gasteiger charge is -2.53. The van der Waals surface area contributed by atoms with E-state index in [1.807, 2.05) is 0 Å². The maximum absolute atomic E-state index is 13.7. The van der Waals surface area contributed by atoms with Crippen LogP contribution in [0.2, 0.25) is 0 Å². The molecule has 1 aromatic rings. The smallest absolute Gasteiger partial charge is 0.333 e. The molecule has 1 aromatic carbocycles. The zero-order valence-electron chi connectivity index (χ0n) is 23.9. The minimum Gasteiger partial charge on any atom is -0.508 e. The molecule has 2 saturated carbocycles. The minimum absolute atomic E-state index is 0.0428. The second kappa shape index (κ2) is 11.3. The predicted octanol–water partition coefficient (Wildman–Crippen LogP) is 0.341. The normalized spacial score (nSPS) is 31.2. The number of nitrogens with one attached hydrogen (secondary N) is 1. The first-order chi connectivity index (χ1) is 19.9. The van der Waals surface area contributed by atoms with E-state index < -0.39 is 85.3 Å². The number of nitrogens with zero attached hydrogens (tertiary/aromatic N) is 1. The van der Waals surface area contributed by atoms with Gasteiger partial charge in [0.25, 0.3) is 5.91 Å². The maximum Gasteiger partial charge on any atom is 0.333 e. The number of amides is 1. The number of carbonyl (C=O) groups is 3. The van der Waals surface area contributed by atoms with Crippen LogP contribution in [-0.2, 0) is 30.3 Å². The zero-order chi connectivity index (χ0) is 32.2. The number of phenols is 1. The van der Waals surface area contributed by atoms with Gasteiger partial charge in [0.1, 0.15) is 22.8 Å². The highest BCUT2D eigenvalue weighted by Gasteiger charge is 2.66. The molecule has 4 aliphatic carbocycles. The number of hydrogen-bond acceptors (Lipinski definition) is 11. The summed E-state index contributed by atoms with van der Waals surface area (Å²) in [5, 5.41) is 54.9. The molecule has 1 amide bonds.